The Morgan fingerprint density at radius 1 is 0.764 bits per heavy atom. The van der Waals surface area contributed by atoms with E-state index < -0.39 is 19.1 Å². The Morgan fingerprint density at radius 2 is 1.15 bits per heavy atom. The van der Waals surface area contributed by atoms with Crippen LogP contribution in [0.1, 0.15) is 55.4 Å². The molecule has 0 saturated heterocycles. The van der Waals surface area contributed by atoms with Crippen LogP contribution in [0.5, 0.6) is 0 Å². The standard InChI is InChI=1S/C16H23N5O3S.C8H8ClNO3S.C8H16N4.CH2Cl2.ClH/c1-5-17-15(21-11-16(3,4)10-18-21)20-25(23,24)14-8-6-13(7-9-14)19-12(2)22;1-6(11)10-7-2-4-8(5-3-7)14(9,12)13;1-4-10-7(9)12-6-8(2,3)5-11-12;2-1-3;/h6-10H,5,11H2,1-4H3,(H,17,20)(H,19,22);2-5H,1H3,(H,10,11);5H,4,6H2,1-3H3,(H2,9,10);1H2;1H. The molecule has 2 aliphatic rings. The molecule has 55 heavy (non-hydrogen) atoms. The number of amides is 2. The number of anilines is 2. The molecule has 2 heterocycles. The van der Waals surface area contributed by atoms with Gasteiger partial charge in [0.15, 0.2) is 0 Å². The Hall–Kier alpha value is -3.68. The molecule has 22 heteroatoms. The lowest BCUT2D eigenvalue weighted by Gasteiger charge is -2.21. The number of benzene rings is 2. The number of sulfonamides is 1. The summed E-state index contributed by atoms with van der Waals surface area (Å²) in [5, 5.41) is 17.0. The third-order valence-corrected chi connectivity index (χ3v) is 9.23. The van der Waals surface area contributed by atoms with Crippen LogP contribution >= 0.6 is 46.3 Å². The maximum Gasteiger partial charge on any atom is 0.264 e. The molecule has 4 rings (SSSR count). The molecule has 0 atom stereocenters. The highest BCUT2D eigenvalue weighted by atomic mass is 35.7. The molecule has 0 aromatic heterocycles. The molecule has 0 fully saturated rings. The number of nitrogens with zero attached hydrogens (tertiary/aromatic N) is 6. The van der Waals surface area contributed by atoms with Gasteiger partial charge in [-0.05, 0) is 62.4 Å². The number of carbonyl (C=O) groups excluding carboxylic acids is 2. The van der Waals surface area contributed by atoms with Gasteiger partial charge < -0.3 is 16.4 Å². The van der Waals surface area contributed by atoms with Crippen molar-refractivity contribution in [1.29, 1.82) is 0 Å². The van der Waals surface area contributed by atoms with E-state index >= 15 is 0 Å². The number of carbonyl (C=O) groups is 2. The van der Waals surface area contributed by atoms with Gasteiger partial charge in [0.2, 0.25) is 23.7 Å². The molecule has 5 N–H and O–H groups in total. The predicted octanol–water partition coefficient (Wildman–Crippen LogP) is 5.69. The molecule has 0 bridgehead atoms. The van der Waals surface area contributed by atoms with Gasteiger partial charge in [-0.15, -0.1) is 35.6 Å². The van der Waals surface area contributed by atoms with Crippen molar-refractivity contribution in [3.8, 4) is 0 Å². The summed E-state index contributed by atoms with van der Waals surface area (Å²) < 4.78 is 49.4. The van der Waals surface area contributed by atoms with Gasteiger partial charge in [0.1, 0.15) is 0 Å². The Balaban J connectivity index is 0.000000824. The fraction of sp³-hybridized carbons (Fsp3) is 0.455. The van der Waals surface area contributed by atoms with E-state index in [1.54, 1.807) is 16.2 Å². The number of rotatable bonds is 7. The summed E-state index contributed by atoms with van der Waals surface area (Å²) in [6.45, 7) is 17.3. The number of halogens is 4. The van der Waals surface area contributed by atoms with E-state index in [0.717, 1.165) is 6.54 Å². The number of alkyl halides is 2. The molecule has 0 aliphatic carbocycles. The number of hydrazone groups is 2. The van der Waals surface area contributed by atoms with E-state index in [2.05, 4.69) is 49.4 Å². The van der Waals surface area contributed by atoms with E-state index in [0.29, 0.717) is 37.0 Å². The average molecular weight is 889 g/mol. The number of hydrogen-bond acceptors (Lipinski definition) is 10. The first kappa shape index (κ1) is 51.3. The minimum atomic E-state index is -3.81. The van der Waals surface area contributed by atoms with Crippen molar-refractivity contribution in [2.24, 2.45) is 36.8 Å². The molecular weight excluding hydrogens is 838 g/mol. The maximum atomic E-state index is 12.6. The molecule has 2 aliphatic heterocycles. The Bertz CT molecular complexity index is 1890. The van der Waals surface area contributed by atoms with Crippen molar-refractivity contribution in [1.82, 2.24) is 14.7 Å². The topological polar surface area (TPSA) is 220 Å². The van der Waals surface area contributed by atoms with Gasteiger partial charge in [-0.2, -0.15) is 10.2 Å². The highest BCUT2D eigenvalue weighted by Gasteiger charge is 2.30. The summed E-state index contributed by atoms with van der Waals surface area (Å²) in [6.07, 6.45) is 3.68. The zero-order chi connectivity index (χ0) is 41.3. The molecule has 16 nitrogen and oxygen atoms in total. The number of nitrogens with one attached hydrogen (secondary N) is 3. The van der Waals surface area contributed by atoms with E-state index in [1.807, 2.05) is 33.9 Å². The lowest BCUT2D eigenvalue weighted by Crippen LogP contribution is -2.42. The zero-order valence-corrected chi connectivity index (χ0v) is 36.6. The first-order valence-electron chi connectivity index (χ1n) is 16.3. The van der Waals surface area contributed by atoms with Crippen LogP contribution in [-0.2, 0) is 28.7 Å². The average Bonchev–Trinajstić information content (AvgIpc) is 3.62. The first-order valence-corrected chi connectivity index (χ1v) is 21.2. The van der Waals surface area contributed by atoms with Gasteiger partial charge in [-0.3, -0.25) is 19.6 Å². The second-order valence-electron chi connectivity index (χ2n) is 12.8. The van der Waals surface area contributed by atoms with Crippen LogP contribution < -0.4 is 21.1 Å². The third-order valence-electron chi connectivity index (χ3n) is 6.51. The highest BCUT2D eigenvalue weighted by molar-refractivity contribution is 8.13. The molecule has 0 saturated carbocycles. The summed E-state index contributed by atoms with van der Waals surface area (Å²) >= 11 is 9.53. The minimum Gasteiger partial charge on any atom is -0.368 e. The molecule has 2 aromatic carbocycles. The lowest BCUT2D eigenvalue weighted by atomic mass is 9.97. The minimum absolute atomic E-state index is 0. The van der Waals surface area contributed by atoms with Gasteiger partial charge in [-0.25, -0.2) is 31.6 Å². The molecule has 2 aromatic rings. The van der Waals surface area contributed by atoms with Crippen molar-refractivity contribution in [2.75, 3.05) is 42.2 Å². The fourth-order valence-corrected chi connectivity index (χ4v) is 6.01. The van der Waals surface area contributed by atoms with Crippen LogP contribution in [0, 0.1) is 10.8 Å². The Kier molecular flexibility index (Phi) is 21.8. The predicted molar refractivity (Wildman–Crippen MR) is 227 cm³/mol. The Labute approximate surface area is 344 Å². The highest BCUT2D eigenvalue weighted by Crippen LogP contribution is 2.22. The van der Waals surface area contributed by atoms with E-state index in [-0.39, 0.29) is 56.1 Å². The van der Waals surface area contributed by atoms with Crippen molar-refractivity contribution >= 4 is 113 Å². The maximum absolute atomic E-state index is 12.6. The van der Waals surface area contributed by atoms with Crippen molar-refractivity contribution in [3.63, 3.8) is 0 Å². The van der Waals surface area contributed by atoms with Gasteiger partial charge in [0.25, 0.3) is 19.1 Å². The van der Waals surface area contributed by atoms with Gasteiger partial charge in [0.05, 0.1) is 28.2 Å². The summed E-state index contributed by atoms with van der Waals surface area (Å²) in [7, 11) is -2.40. The van der Waals surface area contributed by atoms with Gasteiger partial charge in [0, 0.05) is 72.3 Å². The van der Waals surface area contributed by atoms with E-state index in [1.165, 1.54) is 62.4 Å². The largest absolute Gasteiger partial charge is 0.368 e. The molecule has 0 radical (unpaired) electrons. The number of hydrogen-bond donors (Lipinski definition) is 4. The summed E-state index contributed by atoms with van der Waals surface area (Å²) in [5.74, 6) is 0.265. The molecule has 0 unspecified atom stereocenters. The zero-order valence-electron chi connectivity index (χ0n) is 31.9. The Morgan fingerprint density at radius 3 is 1.47 bits per heavy atom. The van der Waals surface area contributed by atoms with Crippen molar-refractivity contribution in [3.05, 3.63) is 48.5 Å². The van der Waals surface area contributed by atoms with Crippen LogP contribution in [0.15, 0.2) is 78.5 Å². The summed E-state index contributed by atoms with van der Waals surface area (Å²) in [4.78, 5) is 30.1. The molecule has 2 amide bonds. The van der Waals surface area contributed by atoms with E-state index in [4.69, 9.17) is 39.6 Å². The monoisotopic (exact) mass is 886 g/mol. The summed E-state index contributed by atoms with van der Waals surface area (Å²) in [5.41, 5.74) is 6.70. The lowest BCUT2D eigenvalue weighted by molar-refractivity contribution is -0.115. The number of guanidine groups is 2. The summed E-state index contributed by atoms with van der Waals surface area (Å²) in [6, 6.07) is 11.5. The van der Waals surface area contributed by atoms with Crippen LogP contribution in [0.25, 0.3) is 0 Å². The number of nitrogens with two attached hydrogens (primary N) is 1. The molecular formula is C33H50Cl4N10O6S2. The number of aliphatic imine (C=N–C) groups is 2. The van der Waals surface area contributed by atoms with Gasteiger partial charge in [-0.1, -0.05) is 27.7 Å². The molecule has 0 spiro atoms. The smallest absolute Gasteiger partial charge is 0.264 e. The van der Waals surface area contributed by atoms with Crippen molar-refractivity contribution in [2.45, 2.75) is 65.2 Å². The van der Waals surface area contributed by atoms with Gasteiger partial charge >= 0.3 is 0 Å². The van der Waals surface area contributed by atoms with Crippen LogP contribution in [-0.4, -0.2) is 94.5 Å². The quantitative estimate of drug-likeness (QED) is 0.116. The normalized spacial score (nSPS) is 15.5. The fourth-order valence-electron chi connectivity index (χ4n) is 4.22. The first-order chi connectivity index (χ1) is 25.0. The van der Waals surface area contributed by atoms with Crippen LogP contribution in [0.2, 0.25) is 0 Å². The van der Waals surface area contributed by atoms with Crippen LogP contribution in [0.4, 0.5) is 11.4 Å². The van der Waals surface area contributed by atoms with Crippen molar-refractivity contribution < 1.29 is 26.4 Å². The van der Waals surface area contributed by atoms with Crippen LogP contribution in [0.3, 0.4) is 0 Å². The SMILES string of the molecule is CC(=O)Nc1ccc(S(=O)(=O)Cl)cc1.CCN=C(N)N1CC(C)(C)C=N1.CCN=C(NS(=O)(=O)c1ccc(NC(C)=O)cc1)N1CC(C)(C)C=N1.Cl.ClCCl. The second kappa shape index (κ2) is 23.4. The third kappa shape index (κ3) is 19.7. The molecule has 308 valence electrons. The second-order valence-corrected chi connectivity index (χ2v) is 17.8. The van der Waals surface area contributed by atoms with E-state index in [9.17, 15) is 26.4 Å².